The molecule has 3 aromatic rings. The highest BCUT2D eigenvalue weighted by molar-refractivity contribution is 7.92. The lowest BCUT2D eigenvalue weighted by molar-refractivity contribution is -0.140. The van der Waals surface area contributed by atoms with Gasteiger partial charge in [-0.25, -0.2) is 8.42 Å². The second-order valence-corrected chi connectivity index (χ2v) is 11.4. The van der Waals surface area contributed by atoms with Gasteiger partial charge in [0.15, 0.2) is 0 Å². The van der Waals surface area contributed by atoms with Crippen LogP contribution in [0.2, 0.25) is 0 Å². The van der Waals surface area contributed by atoms with E-state index in [0.717, 1.165) is 33.7 Å². The van der Waals surface area contributed by atoms with E-state index in [9.17, 15) is 18.0 Å². The van der Waals surface area contributed by atoms with E-state index in [1.165, 1.54) is 12.0 Å². The number of anilines is 1. The number of benzene rings is 3. The number of carbonyl (C=O) groups is 2. The summed E-state index contributed by atoms with van der Waals surface area (Å²) in [5, 5.41) is 2.93. The highest BCUT2D eigenvalue weighted by Gasteiger charge is 2.33. The predicted octanol–water partition coefficient (Wildman–Crippen LogP) is 3.94. The number of ether oxygens (including phenoxy) is 1. The Morgan fingerprint density at radius 3 is 2.18 bits per heavy atom. The summed E-state index contributed by atoms with van der Waals surface area (Å²) in [6.07, 6.45) is 2.07. The SMILES string of the molecule is CCCNC(=O)C(Cc1ccccc1)N(Cc1ccc(C)cc1)C(=O)CN(c1ccccc1OC)S(C)(=O)=O. The molecule has 1 unspecified atom stereocenters. The molecule has 9 heteroatoms. The van der Waals surface area contributed by atoms with E-state index in [4.69, 9.17) is 4.74 Å². The molecule has 0 saturated heterocycles. The maximum absolute atomic E-state index is 14.1. The lowest BCUT2D eigenvalue weighted by Crippen LogP contribution is -2.53. The Labute approximate surface area is 231 Å². The largest absolute Gasteiger partial charge is 0.495 e. The van der Waals surface area contributed by atoms with Crippen LogP contribution in [-0.4, -0.2) is 57.6 Å². The summed E-state index contributed by atoms with van der Waals surface area (Å²) in [6, 6.07) is 23.0. The molecule has 0 radical (unpaired) electrons. The topological polar surface area (TPSA) is 96.0 Å². The molecule has 0 aliphatic heterocycles. The number of rotatable bonds is 13. The Hall–Kier alpha value is -3.85. The number of nitrogens with one attached hydrogen (secondary N) is 1. The normalized spacial score (nSPS) is 11.9. The van der Waals surface area contributed by atoms with Crippen LogP contribution in [0, 0.1) is 6.92 Å². The number of para-hydroxylation sites is 2. The first-order valence-electron chi connectivity index (χ1n) is 12.9. The van der Waals surface area contributed by atoms with Gasteiger partial charge >= 0.3 is 0 Å². The second-order valence-electron chi connectivity index (χ2n) is 9.45. The quantitative estimate of drug-likeness (QED) is 0.347. The van der Waals surface area contributed by atoms with Crippen LogP contribution in [0.1, 0.15) is 30.0 Å². The molecule has 1 N–H and O–H groups in total. The third-order valence-corrected chi connectivity index (χ3v) is 7.45. The van der Waals surface area contributed by atoms with E-state index < -0.39 is 28.5 Å². The molecule has 0 aliphatic rings. The molecule has 0 spiro atoms. The van der Waals surface area contributed by atoms with E-state index in [2.05, 4.69) is 5.32 Å². The molecule has 1 atom stereocenters. The molecule has 8 nitrogen and oxygen atoms in total. The minimum atomic E-state index is -3.87. The van der Waals surface area contributed by atoms with E-state index >= 15 is 0 Å². The van der Waals surface area contributed by atoms with Gasteiger partial charge in [0.2, 0.25) is 21.8 Å². The molecule has 0 saturated carbocycles. The number of methoxy groups -OCH3 is 1. The van der Waals surface area contributed by atoms with Gasteiger partial charge in [-0.15, -0.1) is 0 Å². The highest BCUT2D eigenvalue weighted by atomic mass is 32.2. The van der Waals surface area contributed by atoms with Crippen molar-refractivity contribution in [1.82, 2.24) is 10.2 Å². The Kier molecular flexibility index (Phi) is 10.5. The van der Waals surface area contributed by atoms with Gasteiger partial charge < -0.3 is 15.0 Å². The highest BCUT2D eigenvalue weighted by Crippen LogP contribution is 2.30. The van der Waals surface area contributed by atoms with E-state index in [0.29, 0.717) is 12.3 Å². The number of amides is 2. The summed E-state index contributed by atoms with van der Waals surface area (Å²) in [5.41, 5.74) is 3.04. The molecular weight excluding hydrogens is 514 g/mol. The van der Waals surface area contributed by atoms with Crippen molar-refractivity contribution in [3.8, 4) is 5.75 Å². The smallest absolute Gasteiger partial charge is 0.244 e. The molecule has 0 aliphatic carbocycles. The maximum Gasteiger partial charge on any atom is 0.244 e. The molecule has 0 heterocycles. The Bertz CT molecular complexity index is 1340. The van der Waals surface area contributed by atoms with Gasteiger partial charge in [-0.1, -0.05) is 79.2 Å². The predicted molar refractivity (Wildman–Crippen MR) is 154 cm³/mol. The Morgan fingerprint density at radius 1 is 0.923 bits per heavy atom. The van der Waals surface area contributed by atoms with Gasteiger partial charge in [0.1, 0.15) is 18.3 Å². The summed E-state index contributed by atoms with van der Waals surface area (Å²) < 4.78 is 32.2. The van der Waals surface area contributed by atoms with Gasteiger partial charge in [0.05, 0.1) is 19.1 Å². The fourth-order valence-corrected chi connectivity index (χ4v) is 5.09. The molecular formula is C30H37N3O5S. The standard InChI is InChI=1S/C30H37N3O5S/c1-5-19-31-30(35)27(20-24-11-7-6-8-12-24)32(21-25-17-15-23(2)16-18-25)29(34)22-33(39(4,36)37)26-13-9-10-14-28(26)38-3/h6-18,27H,5,19-22H2,1-4H3,(H,31,35). The van der Waals surface area contributed by atoms with Crippen LogP contribution in [0.25, 0.3) is 0 Å². The van der Waals surface area contributed by atoms with Crippen molar-refractivity contribution in [3.63, 3.8) is 0 Å². The van der Waals surface area contributed by atoms with Crippen molar-refractivity contribution in [2.24, 2.45) is 0 Å². The summed E-state index contributed by atoms with van der Waals surface area (Å²) in [4.78, 5) is 29.0. The summed E-state index contributed by atoms with van der Waals surface area (Å²) >= 11 is 0. The van der Waals surface area contributed by atoms with E-state index in [1.54, 1.807) is 24.3 Å². The van der Waals surface area contributed by atoms with Gasteiger partial charge in [-0.3, -0.25) is 13.9 Å². The number of nitrogens with zero attached hydrogens (tertiary/aromatic N) is 2. The number of carbonyl (C=O) groups excluding carboxylic acids is 2. The van der Waals surface area contributed by atoms with E-state index in [-0.39, 0.29) is 24.6 Å². The number of aryl methyl sites for hydroxylation is 1. The maximum atomic E-state index is 14.1. The zero-order valence-corrected chi connectivity index (χ0v) is 23.8. The lowest BCUT2D eigenvalue weighted by atomic mass is 10.0. The van der Waals surface area contributed by atoms with Crippen molar-refractivity contribution < 1.29 is 22.7 Å². The van der Waals surface area contributed by atoms with Crippen LogP contribution in [0.3, 0.4) is 0 Å². The van der Waals surface area contributed by atoms with E-state index in [1.807, 2.05) is 68.4 Å². The minimum absolute atomic E-state index is 0.139. The minimum Gasteiger partial charge on any atom is -0.495 e. The van der Waals surface area contributed by atoms with Crippen molar-refractivity contribution in [3.05, 3.63) is 95.6 Å². The summed E-state index contributed by atoms with van der Waals surface area (Å²) in [7, 11) is -2.43. The molecule has 3 rings (SSSR count). The monoisotopic (exact) mass is 551 g/mol. The van der Waals surface area contributed by atoms with Crippen molar-refractivity contribution in [2.45, 2.75) is 39.3 Å². The number of hydrogen-bond acceptors (Lipinski definition) is 5. The molecule has 2 amide bonds. The second kappa shape index (κ2) is 13.8. The van der Waals surface area contributed by atoms with Crippen LogP contribution in [0.4, 0.5) is 5.69 Å². The van der Waals surface area contributed by atoms with Crippen molar-refractivity contribution >= 4 is 27.5 Å². The average molecular weight is 552 g/mol. The van der Waals surface area contributed by atoms with Gasteiger partial charge in [-0.2, -0.15) is 0 Å². The Balaban J connectivity index is 2.05. The van der Waals surface area contributed by atoms with Gasteiger partial charge in [0, 0.05) is 19.5 Å². The fraction of sp³-hybridized carbons (Fsp3) is 0.333. The van der Waals surface area contributed by atoms with Crippen molar-refractivity contribution in [1.29, 1.82) is 0 Å². The number of hydrogen-bond donors (Lipinski definition) is 1. The van der Waals surface area contributed by atoms with Crippen molar-refractivity contribution in [2.75, 3.05) is 30.8 Å². The first kappa shape index (κ1) is 29.7. The first-order valence-corrected chi connectivity index (χ1v) is 14.8. The molecule has 0 aromatic heterocycles. The zero-order valence-electron chi connectivity index (χ0n) is 23.0. The molecule has 0 fully saturated rings. The van der Waals surface area contributed by atoms with Crippen LogP contribution < -0.4 is 14.4 Å². The molecule has 39 heavy (non-hydrogen) atoms. The zero-order chi connectivity index (χ0) is 28.4. The van der Waals surface area contributed by atoms with Gasteiger partial charge in [-0.05, 0) is 36.6 Å². The van der Waals surface area contributed by atoms with Crippen LogP contribution in [-0.2, 0) is 32.6 Å². The number of sulfonamides is 1. The average Bonchev–Trinajstić information content (AvgIpc) is 2.93. The van der Waals surface area contributed by atoms with Gasteiger partial charge in [0.25, 0.3) is 0 Å². The molecule has 3 aromatic carbocycles. The molecule has 0 bridgehead atoms. The third kappa shape index (κ3) is 8.32. The van der Waals surface area contributed by atoms with Crippen LogP contribution in [0.15, 0.2) is 78.9 Å². The fourth-order valence-electron chi connectivity index (χ4n) is 4.24. The lowest BCUT2D eigenvalue weighted by Gasteiger charge is -2.33. The first-order chi connectivity index (χ1) is 18.6. The molecule has 208 valence electrons. The van der Waals surface area contributed by atoms with Crippen LogP contribution >= 0.6 is 0 Å². The third-order valence-electron chi connectivity index (χ3n) is 6.33. The van der Waals surface area contributed by atoms with Crippen LogP contribution in [0.5, 0.6) is 5.75 Å². The Morgan fingerprint density at radius 2 is 1.56 bits per heavy atom. The summed E-state index contributed by atoms with van der Waals surface area (Å²) in [5.74, 6) is -0.466. The summed E-state index contributed by atoms with van der Waals surface area (Å²) in [6.45, 7) is 4.05.